The maximum absolute atomic E-state index is 12.5. The molecule has 1 aromatic rings. The fourth-order valence-corrected chi connectivity index (χ4v) is 2.31. The molecule has 136 valence electrons. The van der Waals surface area contributed by atoms with E-state index in [2.05, 4.69) is 10.6 Å². The van der Waals surface area contributed by atoms with Crippen LogP contribution in [0.15, 0.2) is 18.2 Å². The number of rotatable bonds is 1. The molecule has 25 heavy (non-hydrogen) atoms. The summed E-state index contributed by atoms with van der Waals surface area (Å²) in [7, 11) is 0. The van der Waals surface area contributed by atoms with E-state index in [0.717, 1.165) is 0 Å². The smallest absolute Gasteiger partial charge is 0.415 e. The molecule has 0 bridgehead atoms. The van der Waals surface area contributed by atoms with Crippen LogP contribution in [-0.4, -0.2) is 35.6 Å². The lowest BCUT2D eigenvalue weighted by atomic mass is 10.1. The van der Waals surface area contributed by atoms with E-state index in [1.807, 2.05) is 20.8 Å². The fraction of sp³-hybridized carbons (Fsp3) is 0.500. The van der Waals surface area contributed by atoms with Crippen molar-refractivity contribution in [2.45, 2.75) is 52.7 Å². The molecule has 0 unspecified atom stereocenters. The van der Waals surface area contributed by atoms with Crippen molar-refractivity contribution in [3.05, 3.63) is 23.8 Å². The number of fused-ring (bicyclic) bond motifs is 1. The van der Waals surface area contributed by atoms with Crippen LogP contribution >= 0.6 is 0 Å². The normalized spacial score (nSPS) is 14.5. The van der Waals surface area contributed by atoms with Crippen LogP contribution in [0.3, 0.4) is 0 Å². The highest BCUT2D eigenvalue weighted by molar-refractivity contribution is 6.09. The van der Waals surface area contributed by atoms with Crippen molar-refractivity contribution in [3.63, 3.8) is 0 Å². The number of carbonyl (C=O) groups is 3. The van der Waals surface area contributed by atoms with Crippen LogP contribution in [0.5, 0.6) is 0 Å². The van der Waals surface area contributed by atoms with Crippen LogP contribution < -0.4 is 15.5 Å². The lowest BCUT2D eigenvalue weighted by Crippen LogP contribution is -2.45. The Morgan fingerprint density at radius 3 is 2.36 bits per heavy atom. The topological polar surface area (TPSA) is 87.7 Å². The molecular formula is C18H25N3O4. The molecule has 7 heteroatoms. The van der Waals surface area contributed by atoms with E-state index in [4.69, 9.17) is 4.74 Å². The molecule has 1 aromatic carbocycles. The molecule has 1 aliphatic rings. The molecule has 2 N–H and O–H groups in total. The van der Waals surface area contributed by atoms with Gasteiger partial charge in [-0.05, 0) is 59.7 Å². The van der Waals surface area contributed by atoms with E-state index in [9.17, 15) is 14.4 Å². The number of anilines is 2. The minimum atomic E-state index is -0.688. The van der Waals surface area contributed by atoms with Crippen LogP contribution in [0.1, 0.15) is 51.9 Å². The van der Waals surface area contributed by atoms with E-state index in [-0.39, 0.29) is 23.9 Å². The molecule has 0 spiro atoms. The fourth-order valence-electron chi connectivity index (χ4n) is 2.31. The summed E-state index contributed by atoms with van der Waals surface area (Å²) >= 11 is 0. The molecule has 0 aromatic heterocycles. The molecule has 0 fully saturated rings. The quantitative estimate of drug-likeness (QED) is 0.818. The van der Waals surface area contributed by atoms with Gasteiger partial charge in [0.15, 0.2) is 0 Å². The van der Waals surface area contributed by atoms with E-state index in [1.54, 1.807) is 39.0 Å². The van der Waals surface area contributed by atoms with Gasteiger partial charge in [-0.15, -0.1) is 0 Å². The first-order chi connectivity index (χ1) is 11.4. The first kappa shape index (κ1) is 18.8. The average molecular weight is 347 g/mol. The molecule has 0 atom stereocenters. The number of nitrogens with one attached hydrogen (secondary N) is 2. The average Bonchev–Trinajstić information content (AvgIpc) is 2.42. The first-order valence-electron chi connectivity index (χ1n) is 8.13. The van der Waals surface area contributed by atoms with E-state index in [1.165, 1.54) is 4.90 Å². The van der Waals surface area contributed by atoms with Crippen molar-refractivity contribution >= 4 is 29.3 Å². The second-order valence-corrected chi connectivity index (χ2v) is 8.05. The van der Waals surface area contributed by atoms with Crippen LogP contribution in [0, 0.1) is 0 Å². The van der Waals surface area contributed by atoms with Gasteiger partial charge in [-0.3, -0.25) is 14.5 Å². The first-order valence-corrected chi connectivity index (χ1v) is 8.13. The molecule has 1 heterocycles. The van der Waals surface area contributed by atoms with Gasteiger partial charge in [0.25, 0.3) is 5.91 Å². The Bertz CT molecular complexity index is 714. The van der Waals surface area contributed by atoms with Gasteiger partial charge in [0, 0.05) is 11.1 Å². The summed E-state index contributed by atoms with van der Waals surface area (Å²) in [6.07, 6.45) is -0.628. The highest BCUT2D eigenvalue weighted by Gasteiger charge is 2.31. The molecule has 2 rings (SSSR count). The van der Waals surface area contributed by atoms with Crippen molar-refractivity contribution in [3.8, 4) is 0 Å². The Kier molecular flexibility index (Phi) is 4.79. The Balaban J connectivity index is 2.36. The van der Waals surface area contributed by atoms with Crippen molar-refractivity contribution in [2.24, 2.45) is 0 Å². The lowest BCUT2D eigenvalue weighted by molar-refractivity contribution is -0.115. The predicted molar refractivity (Wildman–Crippen MR) is 95.9 cm³/mol. The van der Waals surface area contributed by atoms with Crippen molar-refractivity contribution in [2.75, 3.05) is 16.8 Å². The van der Waals surface area contributed by atoms with E-state index < -0.39 is 11.7 Å². The number of nitrogens with zero attached hydrogens (tertiary/aromatic N) is 1. The van der Waals surface area contributed by atoms with Crippen molar-refractivity contribution in [1.29, 1.82) is 0 Å². The Hall–Kier alpha value is -2.57. The van der Waals surface area contributed by atoms with Gasteiger partial charge in [-0.2, -0.15) is 0 Å². The van der Waals surface area contributed by atoms with E-state index >= 15 is 0 Å². The third-order valence-corrected chi connectivity index (χ3v) is 3.23. The van der Waals surface area contributed by atoms with Gasteiger partial charge in [-0.25, -0.2) is 4.79 Å². The Morgan fingerprint density at radius 1 is 1.16 bits per heavy atom. The van der Waals surface area contributed by atoms with Gasteiger partial charge < -0.3 is 15.4 Å². The second kappa shape index (κ2) is 6.38. The third kappa shape index (κ3) is 4.95. The van der Waals surface area contributed by atoms with Gasteiger partial charge in [0.05, 0.1) is 11.4 Å². The summed E-state index contributed by atoms with van der Waals surface area (Å²) in [4.78, 5) is 38.0. The highest BCUT2D eigenvalue weighted by atomic mass is 16.6. The minimum absolute atomic E-state index is 0.160. The molecular weight excluding hydrogens is 322 g/mol. The van der Waals surface area contributed by atoms with Gasteiger partial charge in [0.1, 0.15) is 12.1 Å². The SMILES string of the molecule is CC(C)(C)NC(=O)c1ccc2c(c1)N(C(=O)OC(C)(C)C)CC(=O)N2. The molecule has 3 amide bonds. The summed E-state index contributed by atoms with van der Waals surface area (Å²) in [5, 5.41) is 5.57. The van der Waals surface area contributed by atoms with Gasteiger partial charge in [-0.1, -0.05) is 0 Å². The standard InChI is InChI=1S/C18H25N3O4/c1-17(2,3)20-15(23)11-7-8-12-13(9-11)21(10-14(22)19-12)16(24)25-18(4,5)6/h7-9H,10H2,1-6H3,(H,19,22)(H,20,23). The van der Waals surface area contributed by atoms with Crippen molar-refractivity contribution in [1.82, 2.24) is 5.32 Å². The number of ether oxygens (including phenoxy) is 1. The zero-order valence-corrected chi connectivity index (χ0v) is 15.5. The summed E-state index contributed by atoms with van der Waals surface area (Å²) in [6, 6.07) is 4.81. The van der Waals surface area contributed by atoms with Crippen LogP contribution in [0.2, 0.25) is 0 Å². The maximum Gasteiger partial charge on any atom is 0.415 e. The summed E-state index contributed by atoms with van der Waals surface area (Å²) in [6.45, 7) is 10.8. The summed E-state index contributed by atoms with van der Waals surface area (Å²) < 4.78 is 5.37. The number of carbonyl (C=O) groups excluding carboxylic acids is 3. The summed E-state index contributed by atoms with van der Waals surface area (Å²) in [5.74, 6) is -0.568. The Morgan fingerprint density at radius 2 is 1.80 bits per heavy atom. The molecule has 0 saturated heterocycles. The van der Waals surface area contributed by atoms with Crippen LogP contribution in [0.25, 0.3) is 0 Å². The highest BCUT2D eigenvalue weighted by Crippen LogP contribution is 2.31. The third-order valence-electron chi connectivity index (χ3n) is 3.23. The molecule has 0 radical (unpaired) electrons. The molecule has 0 saturated carbocycles. The number of hydrogen-bond donors (Lipinski definition) is 2. The predicted octanol–water partition coefficient (Wildman–Crippen LogP) is 2.91. The molecule has 0 aliphatic carbocycles. The molecule has 7 nitrogen and oxygen atoms in total. The zero-order valence-electron chi connectivity index (χ0n) is 15.5. The maximum atomic E-state index is 12.5. The summed E-state index contributed by atoms with van der Waals surface area (Å²) in [5.41, 5.74) is 0.238. The molecule has 1 aliphatic heterocycles. The number of hydrogen-bond acceptors (Lipinski definition) is 4. The van der Waals surface area contributed by atoms with Gasteiger partial charge >= 0.3 is 6.09 Å². The monoisotopic (exact) mass is 347 g/mol. The number of amides is 3. The van der Waals surface area contributed by atoms with Crippen LogP contribution in [0.4, 0.5) is 16.2 Å². The zero-order chi connectivity index (χ0) is 19.0. The Labute approximate surface area is 147 Å². The second-order valence-electron chi connectivity index (χ2n) is 8.05. The lowest BCUT2D eigenvalue weighted by Gasteiger charge is -2.31. The largest absolute Gasteiger partial charge is 0.443 e. The van der Waals surface area contributed by atoms with Gasteiger partial charge in [0.2, 0.25) is 5.91 Å². The minimum Gasteiger partial charge on any atom is -0.443 e. The van der Waals surface area contributed by atoms with Crippen molar-refractivity contribution < 1.29 is 19.1 Å². The van der Waals surface area contributed by atoms with E-state index in [0.29, 0.717) is 16.9 Å². The number of benzene rings is 1. The van der Waals surface area contributed by atoms with Crippen LogP contribution in [-0.2, 0) is 9.53 Å².